The lowest BCUT2D eigenvalue weighted by atomic mass is 10.2. The third kappa shape index (κ3) is 4.27. The minimum atomic E-state index is -3.37. The fourth-order valence-corrected chi connectivity index (χ4v) is 6.48. The molecule has 1 saturated heterocycles. The monoisotopic (exact) mass is 400 g/mol. The molecule has 0 bridgehead atoms. The Kier molecular flexibility index (Phi) is 6.32. The van der Waals surface area contributed by atoms with Gasteiger partial charge < -0.3 is 5.32 Å². The number of carbonyl (C=O) groups excluding carboxylic acids is 1. The highest BCUT2D eigenvalue weighted by Gasteiger charge is 2.38. The van der Waals surface area contributed by atoms with E-state index >= 15 is 0 Å². The number of rotatable bonds is 7. The highest BCUT2D eigenvalue weighted by atomic mass is 32.2. The van der Waals surface area contributed by atoms with Crippen LogP contribution in [0.15, 0.2) is 0 Å². The van der Waals surface area contributed by atoms with Crippen LogP contribution in [0.5, 0.6) is 0 Å². The number of nitrogens with zero attached hydrogens (tertiary/aromatic N) is 3. The van der Waals surface area contributed by atoms with Gasteiger partial charge in [0, 0.05) is 30.9 Å². The fraction of sp³-hybridized carbons (Fsp3) is 0.765. The first kappa shape index (κ1) is 19.7. The number of hydrogen-bond donors (Lipinski definition) is 1. The number of thiazole rings is 1. The standard InChI is InChI=1S/C17H28N4O3S2/c1-3-5-11-26(23,24)21-9-6-7-14(21)16(22)19-17-18-13-8-10-20(4-2)12-15(13)25-17/h14H,3-12H2,1-2H3,(H,18,19,22). The maximum atomic E-state index is 12.7. The van der Waals surface area contributed by atoms with Gasteiger partial charge in [-0.3, -0.25) is 9.69 Å². The number of amides is 1. The number of unbranched alkanes of at least 4 members (excludes halogenated alkanes) is 1. The van der Waals surface area contributed by atoms with E-state index in [9.17, 15) is 13.2 Å². The minimum Gasteiger partial charge on any atom is -0.301 e. The highest BCUT2D eigenvalue weighted by molar-refractivity contribution is 7.89. The number of nitrogens with one attached hydrogen (secondary N) is 1. The second-order valence-electron chi connectivity index (χ2n) is 6.94. The number of hydrogen-bond acceptors (Lipinski definition) is 6. The highest BCUT2D eigenvalue weighted by Crippen LogP contribution is 2.29. The zero-order valence-electron chi connectivity index (χ0n) is 15.5. The maximum absolute atomic E-state index is 12.7. The van der Waals surface area contributed by atoms with Crippen LogP contribution in [0.2, 0.25) is 0 Å². The van der Waals surface area contributed by atoms with Crippen LogP contribution in [0.4, 0.5) is 5.13 Å². The summed E-state index contributed by atoms with van der Waals surface area (Å²) in [4.78, 5) is 20.8. The van der Waals surface area contributed by atoms with Gasteiger partial charge in [0.1, 0.15) is 6.04 Å². The summed E-state index contributed by atoms with van der Waals surface area (Å²) in [6.45, 7) is 7.42. The lowest BCUT2D eigenvalue weighted by molar-refractivity contribution is -0.119. The van der Waals surface area contributed by atoms with Crippen molar-refractivity contribution in [3.63, 3.8) is 0 Å². The number of aromatic nitrogens is 1. The van der Waals surface area contributed by atoms with E-state index in [0.29, 0.717) is 24.5 Å². The molecule has 7 nitrogen and oxygen atoms in total. The van der Waals surface area contributed by atoms with Gasteiger partial charge in [-0.15, -0.1) is 11.3 Å². The van der Waals surface area contributed by atoms with E-state index < -0.39 is 16.1 Å². The van der Waals surface area contributed by atoms with Crippen molar-refractivity contribution < 1.29 is 13.2 Å². The van der Waals surface area contributed by atoms with Crippen LogP contribution in [-0.4, -0.2) is 59.9 Å². The normalized spacial score (nSPS) is 21.7. The SMILES string of the molecule is CCCCS(=O)(=O)N1CCCC1C(=O)Nc1nc2c(s1)CN(CC)CC2. The Labute approximate surface area is 159 Å². The molecular formula is C17H28N4O3S2. The van der Waals surface area contributed by atoms with E-state index in [1.807, 2.05) is 6.92 Å². The molecule has 1 aromatic rings. The van der Waals surface area contributed by atoms with Crippen LogP contribution >= 0.6 is 11.3 Å². The summed E-state index contributed by atoms with van der Waals surface area (Å²) < 4.78 is 26.4. The summed E-state index contributed by atoms with van der Waals surface area (Å²) >= 11 is 1.51. The quantitative estimate of drug-likeness (QED) is 0.757. The van der Waals surface area contributed by atoms with Crippen molar-refractivity contribution in [3.05, 3.63) is 10.6 Å². The molecule has 2 aliphatic heterocycles. The predicted octanol–water partition coefficient (Wildman–Crippen LogP) is 2.05. The molecule has 1 atom stereocenters. The molecule has 0 saturated carbocycles. The molecule has 2 aliphatic rings. The molecule has 3 heterocycles. The third-order valence-electron chi connectivity index (χ3n) is 5.11. The number of anilines is 1. The molecule has 26 heavy (non-hydrogen) atoms. The second-order valence-corrected chi connectivity index (χ2v) is 10.1. The van der Waals surface area contributed by atoms with Crippen molar-refractivity contribution in [1.82, 2.24) is 14.2 Å². The molecule has 0 aliphatic carbocycles. The van der Waals surface area contributed by atoms with E-state index in [4.69, 9.17) is 0 Å². The molecule has 0 aromatic carbocycles. The predicted molar refractivity (Wildman–Crippen MR) is 104 cm³/mol. The largest absolute Gasteiger partial charge is 0.301 e. The average Bonchev–Trinajstić information content (AvgIpc) is 3.26. The Balaban J connectivity index is 1.67. The zero-order valence-corrected chi connectivity index (χ0v) is 17.2. The lowest BCUT2D eigenvalue weighted by Crippen LogP contribution is -2.44. The van der Waals surface area contributed by atoms with Crippen LogP contribution in [0.1, 0.15) is 50.1 Å². The summed E-state index contributed by atoms with van der Waals surface area (Å²) in [6.07, 6.45) is 3.65. The number of carbonyl (C=O) groups is 1. The summed E-state index contributed by atoms with van der Waals surface area (Å²) in [5.74, 6) is -0.132. The fourth-order valence-electron chi connectivity index (χ4n) is 3.54. The van der Waals surface area contributed by atoms with E-state index in [2.05, 4.69) is 22.1 Å². The molecule has 1 aromatic heterocycles. The molecule has 1 amide bonds. The van der Waals surface area contributed by atoms with Crippen LogP contribution < -0.4 is 5.32 Å². The summed E-state index contributed by atoms with van der Waals surface area (Å²) in [6, 6.07) is -0.607. The van der Waals surface area contributed by atoms with Crippen molar-refractivity contribution in [2.45, 2.75) is 58.5 Å². The Morgan fingerprint density at radius 1 is 1.35 bits per heavy atom. The van der Waals surface area contributed by atoms with E-state index in [1.165, 1.54) is 20.5 Å². The van der Waals surface area contributed by atoms with Crippen LogP contribution in [-0.2, 0) is 27.8 Å². The Morgan fingerprint density at radius 3 is 2.88 bits per heavy atom. The number of fused-ring (bicyclic) bond motifs is 1. The van der Waals surface area contributed by atoms with Gasteiger partial charge in [0.05, 0.1) is 11.4 Å². The summed E-state index contributed by atoms with van der Waals surface area (Å²) in [5.41, 5.74) is 1.06. The topological polar surface area (TPSA) is 82.6 Å². The van der Waals surface area contributed by atoms with Crippen LogP contribution in [0, 0.1) is 0 Å². The van der Waals surface area contributed by atoms with Gasteiger partial charge in [0.2, 0.25) is 15.9 Å². The van der Waals surface area contributed by atoms with Crippen molar-refractivity contribution in [2.75, 3.05) is 30.7 Å². The molecule has 3 rings (SSSR count). The number of sulfonamides is 1. The maximum Gasteiger partial charge on any atom is 0.244 e. The van der Waals surface area contributed by atoms with Gasteiger partial charge in [-0.05, 0) is 25.8 Å². The van der Waals surface area contributed by atoms with Crippen molar-refractivity contribution in [3.8, 4) is 0 Å². The molecule has 0 radical (unpaired) electrons. The Bertz CT molecular complexity index is 747. The third-order valence-corrected chi connectivity index (χ3v) is 8.06. The van der Waals surface area contributed by atoms with Crippen LogP contribution in [0.3, 0.4) is 0 Å². The summed E-state index contributed by atoms with van der Waals surface area (Å²) in [7, 11) is -3.37. The zero-order chi connectivity index (χ0) is 18.7. The second kappa shape index (κ2) is 8.33. The first-order valence-corrected chi connectivity index (χ1v) is 11.9. The van der Waals surface area contributed by atoms with Crippen LogP contribution in [0.25, 0.3) is 0 Å². The molecule has 1 unspecified atom stereocenters. The first-order chi connectivity index (χ1) is 12.4. The molecule has 1 fully saturated rings. The smallest absolute Gasteiger partial charge is 0.244 e. The van der Waals surface area contributed by atoms with Gasteiger partial charge in [-0.25, -0.2) is 13.4 Å². The van der Waals surface area contributed by atoms with Gasteiger partial charge in [0.25, 0.3) is 0 Å². The van der Waals surface area contributed by atoms with Crippen molar-refractivity contribution >= 4 is 32.4 Å². The first-order valence-electron chi connectivity index (χ1n) is 9.46. The molecular weight excluding hydrogens is 372 g/mol. The van der Waals surface area contributed by atoms with Gasteiger partial charge in [0.15, 0.2) is 5.13 Å². The van der Waals surface area contributed by atoms with E-state index in [1.54, 1.807) is 0 Å². The van der Waals surface area contributed by atoms with Gasteiger partial charge in [-0.1, -0.05) is 20.3 Å². The lowest BCUT2D eigenvalue weighted by Gasteiger charge is -2.23. The molecule has 1 N–H and O–H groups in total. The molecule has 9 heteroatoms. The molecule has 0 spiro atoms. The average molecular weight is 401 g/mol. The Hall–Kier alpha value is -1.03. The molecule has 146 valence electrons. The van der Waals surface area contributed by atoms with Gasteiger partial charge in [-0.2, -0.15) is 4.31 Å². The Morgan fingerprint density at radius 2 is 2.15 bits per heavy atom. The number of likely N-dealkylation sites (N-methyl/N-ethyl adjacent to an activating group) is 1. The van der Waals surface area contributed by atoms with E-state index in [-0.39, 0.29) is 11.7 Å². The van der Waals surface area contributed by atoms with Crippen molar-refractivity contribution in [2.24, 2.45) is 0 Å². The minimum absolute atomic E-state index is 0.117. The summed E-state index contributed by atoms with van der Waals surface area (Å²) in [5, 5.41) is 3.47. The van der Waals surface area contributed by atoms with Crippen molar-refractivity contribution in [1.29, 1.82) is 0 Å². The van der Waals surface area contributed by atoms with E-state index in [0.717, 1.165) is 44.6 Å². The van der Waals surface area contributed by atoms with Gasteiger partial charge >= 0.3 is 0 Å².